The molecule has 0 bridgehead atoms. The number of benzene rings is 1. The Kier molecular flexibility index (Phi) is 2.86. The predicted molar refractivity (Wildman–Crippen MR) is 62.1 cm³/mol. The van der Waals surface area contributed by atoms with Crippen LogP contribution in [0, 0.1) is 24.1 Å². The van der Waals surface area contributed by atoms with Gasteiger partial charge in [0.1, 0.15) is 17.6 Å². The molecule has 0 unspecified atom stereocenters. The zero-order chi connectivity index (χ0) is 13.3. The quantitative estimate of drug-likeness (QED) is 0.882. The zero-order valence-corrected chi connectivity index (χ0v) is 9.51. The molecule has 0 aliphatic rings. The van der Waals surface area contributed by atoms with Crippen LogP contribution in [0.3, 0.4) is 0 Å². The SMILES string of the molecule is Cc1cc(F)ccc1-n1ccc(C#N)c1C(=O)O. The predicted octanol–water partition coefficient (Wildman–Crippen LogP) is 2.49. The topological polar surface area (TPSA) is 66.0 Å². The van der Waals surface area contributed by atoms with Crippen molar-refractivity contribution in [3.63, 3.8) is 0 Å². The van der Waals surface area contributed by atoms with E-state index in [2.05, 4.69) is 0 Å². The van der Waals surface area contributed by atoms with Gasteiger partial charge in [-0.15, -0.1) is 0 Å². The van der Waals surface area contributed by atoms with Crippen molar-refractivity contribution in [2.75, 3.05) is 0 Å². The number of aryl methyl sites for hydroxylation is 1. The van der Waals surface area contributed by atoms with E-state index in [1.807, 2.05) is 6.07 Å². The maximum Gasteiger partial charge on any atom is 0.354 e. The molecule has 1 N–H and O–H groups in total. The van der Waals surface area contributed by atoms with Gasteiger partial charge in [0.25, 0.3) is 0 Å². The van der Waals surface area contributed by atoms with Crippen molar-refractivity contribution in [1.82, 2.24) is 4.57 Å². The molecule has 0 atom stereocenters. The summed E-state index contributed by atoms with van der Waals surface area (Å²) in [5, 5.41) is 18.0. The van der Waals surface area contributed by atoms with Gasteiger partial charge in [0.05, 0.1) is 5.56 Å². The van der Waals surface area contributed by atoms with Gasteiger partial charge in [-0.3, -0.25) is 0 Å². The van der Waals surface area contributed by atoms with Gasteiger partial charge in [-0.05, 0) is 36.8 Å². The van der Waals surface area contributed by atoms with Crippen LogP contribution in [0.2, 0.25) is 0 Å². The minimum atomic E-state index is -1.19. The molecule has 0 radical (unpaired) electrons. The molecule has 5 heteroatoms. The molecule has 0 saturated heterocycles. The van der Waals surface area contributed by atoms with Crippen LogP contribution in [0.5, 0.6) is 0 Å². The van der Waals surface area contributed by atoms with E-state index in [1.165, 1.54) is 35.0 Å². The fraction of sp³-hybridized carbons (Fsp3) is 0.0769. The van der Waals surface area contributed by atoms with Crippen molar-refractivity contribution in [3.05, 3.63) is 53.1 Å². The van der Waals surface area contributed by atoms with Gasteiger partial charge in [-0.2, -0.15) is 5.26 Å². The molecule has 1 heterocycles. The number of aromatic nitrogens is 1. The molecule has 18 heavy (non-hydrogen) atoms. The van der Waals surface area contributed by atoms with Crippen LogP contribution in [0.4, 0.5) is 4.39 Å². The van der Waals surface area contributed by atoms with Crippen LogP contribution in [-0.2, 0) is 0 Å². The highest BCUT2D eigenvalue weighted by Gasteiger charge is 2.18. The second-order valence-corrected chi connectivity index (χ2v) is 3.80. The first kappa shape index (κ1) is 11.9. The fourth-order valence-electron chi connectivity index (χ4n) is 1.83. The van der Waals surface area contributed by atoms with Crippen molar-refractivity contribution < 1.29 is 14.3 Å². The van der Waals surface area contributed by atoms with Crippen LogP contribution in [0.15, 0.2) is 30.5 Å². The number of carboxylic acids is 1. The van der Waals surface area contributed by atoms with Crippen molar-refractivity contribution in [1.29, 1.82) is 5.26 Å². The summed E-state index contributed by atoms with van der Waals surface area (Å²) in [6, 6.07) is 7.29. The molecular formula is C13H9FN2O2. The molecule has 0 aliphatic heterocycles. The maximum atomic E-state index is 13.0. The minimum absolute atomic E-state index is 0.0752. The summed E-state index contributed by atoms with van der Waals surface area (Å²) in [7, 11) is 0. The summed E-state index contributed by atoms with van der Waals surface area (Å²) >= 11 is 0. The summed E-state index contributed by atoms with van der Waals surface area (Å²) < 4.78 is 14.4. The standard InChI is InChI=1S/C13H9FN2O2/c1-8-6-10(14)2-3-11(8)16-5-4-9(7-15)12(16)13(17)18/h2-6H,1H3,(H,17,18). The maximum absolute atomic E-state index is 13.0. The number of hydrogen-bond acceptors (Lipinski definition) is 2. The number of hydrogen-bond donors (Lipinski definition) is 1. The van der Waals surface area contributed by atoms with E-state index in [0.29, 0.717) is 11.3 Å². The highest BCUT2D eigenvalue weighted by atomic mass is 19.1. The Morgan fingerprint density at radius 3 is 2.72 bits per heavy atom. The van der Waals surface area contributed by atoms with Crippen molar-refractivity contribution in [2.45, 2.75) is 6.92 Å². The van der Waals surface area contributed by atoms with E-state index in [4.69, 9.17) is 10.4 Å². The minimum Gasteiger partial charge on any atom is -0.477 e. The van der Waals surface area contributed by atoms with Gasteiger partial charge in [-0.1, -0.05) is 0 Å². The van der Waals surface area contributed by atoms with E-state index in [0.717, 1.165) is 0 Å². The Balaban J connectivity index is 2.69. The molecule has 4 nitrogen and oxygen atoms in total. The lowest BCUT2D eigenvalue weighted by atomic mass is 10.2. The average molecular weight is 244 g/mol. The van der Waals surface area contributed by atoms with Crippen molar-refractivity contribution >= 4 is 5.97 Å². The highest BCUT2D eigenvalue weighted by molar-refractivity contribution is 5.89. The molecule has 0 amide bonds. The first-order valence-electron chi connectivity index (χ1n) is 5.16. The molecule has 0 saturated carbocycles. The monoisotopic (exact) mass is 244 g/mol. The van der Waals surface area contributed by atoms with E-state index in [9.17, 15) is 9.18 Å². The van der Waals surface area contributed by atoms with Gasteiger partial charge >= 0.3 is 5.97 Å². The number of nitriles is 1. The summed E-state index contributed by atoms with van der Waals surface area (Å²) in [4.78, 5) is 11.2. The zero-order valence-electron chi connectivity index (χ0n) is 9.51. The van der Waals surface area contributed by atoms with E-state index in [1.54, 1.807) is 6.92 Å². The molecule has 1 aromatic heterocycles. The smallest absolute Gasteiger partial charge is 0.354 e. The lowest BCUT2D eigenvalue weighted by molar-refractivity contribution is 0.0688. The Morgan fingerprint density at radius 2 is 2.17 bits per heavy atom. The number of halogens is 1. The molecule has 0 aliphatic carbocycles. The number of carboxylic acid groups (broad SMARTS) is 1. The third-order valence-corrected chi connectivity index (χ3v) is 2.63. The van der Waals surface area contributed by atoms with Gasteiger partial charge in [0.2, 0.25) is 0 Å². The number of nitrogens with zero attached hydrogens (tertiary/aromatic N) is 2. The number of carbonyl (C=O) groups is 1. The summed E-state index contributed by atoms with van der Waals surface area (Å²) in [5.74, 6) is -1.58. The Morgan fingerprint density at radius 1 is 1.44 bits per heavy atom. The normalized spacial score (nSPS) is 10.1. The molecule has 2 aromatic rings. The molecular weight excluding hydrogens is 235 g/mol. The van der Waals surface area contributed by atoms with Crippen molar-refractivity contribution in [3.8, 4) is 11.8 Å². The van der Waals surface area contributed by atoms with Gasteiger partial charge in [0.15, 0.2) is 0 Å². The molecule has 2 rings (SSSR count). The van der Waals surface area contributed by atoms with Crippen LogP contribution in [0.1, 0.15) is 21.6 Å². The van der Waals surface area contributed by atoms with E-state index >= 15 is 0 Å². The third kappa shape index (κ3) is 1.84. The Bertz CT molecular complexity index is 668. The largest absolute Gasteiger partial charge is 0.477 e. The van der Waals surface area contributed by atoms with E-state index in [-0.39, 0.29) is 17.1 Å². The Labute approximate surface area is 103 Å². The third-order valence-electron chi connectivity index (χ3n) is 2.63. The van der Waals surface area contributed by atoms with E-state index < -0.39 is 5.97 Å². The molecule has 0 spiro atoms. The summed E-state index contributed by atoms with van der Waals surface area (Å²) in [6.07, 6.45) is 1.49. The van der Waals surface area contributed by atoms with Crippen LogP contribution in [0.25, 0.3) is 5.69 Å². The first-order valence-corrected chi connectivity index (χ1v) is 5.16. The summed E-state index contributed by atoms with van der Waals surface area (Å²) in [5.41, 5.74) is 1.09. The van der Waals surface area contributed by atoms with Crippen molar-refractivity contribution in [2.24, 2.45) is 0 Å². The molecule has 1 aromatic carbocycles. The van der Waals surface area contributed by atoms with Gasteiger partial charge in [-0.25, -0.2) is 9.18 Å². The average Bonchev–Trinajstić information content (AvgIpc) is 2.72. The lowest BCUT2D eigenvalue weighted by Gasteiger charge is -2.09. The van der Waals surface area contributed by atoms with Crippen LogP contribution in [-0.4, -0.2) is 15.6 Å². The second kappa shape index (κ2) is 4.34. The second-order valence-electron chi connectivity index (χ2n) is 3.80. The fourth-order valence-corrected chi connectivity index (χ4v) is 1.83. The number of aromatic carboxylic acids is 1. The lowest BCUT2D eigenvalue weighted by Crippen LogP contribution is -2.08. The Hall–Kier alpha value is -2.61. The van der Waals surface area contributed by atoms with Gasteiger partial charge < -0.3 is 9.67 Å². The highest BCUT2D eigenvalue weighted by Crippen LogP contribution is 2.20. The number of rotatable bonds is 2. The first-order chi connectivity index (χ1) is 8.54. The van der Waals surface area contributed by atoms with Gasteiger partial charge in [0, 0.05) is 11.9 Å². The molecule has 0 fully saturated rings. The van der Waals surface area contributed by atoms with Crippen LogP contribution >= 0.6 is 0 Å². The summed E-state index contributed by atoms with van der Waals surface area (Å²) in [6.45, 7) is 1.68. The molecule has 90 valence electrons. The van der Waals surface area contributed by atoms with Crippen LogP contribution < -0.4 is 0 Å².